The molecule has 0 saturated carbocycles. The van der Waals surface area contributed by atoms with Crippen molar-refractivity contribution in [1.29, 1.82) is 0 Å². The zero-order chi connectivity index (χ0) is 17.5. The largest absolute Gasteiger partial charge is 0.497 e. The highest BCUT2D eigenvalue weighted by Gasteiger charge is 2.18. The van der Waals surface area contributed by atoms with Gasteiger partial charge in [-0.3, -0.25) is 0 Å². The minimum atomic E-state index is 0.484. The lowest BCUT2D eigenvalue weighted by Gasteiger charge is -2.26. The molecule has 1 aromatic heterocycles. The molecule has 1 atom stereocenters. The van der Waals surface area contributed by atoms with Crippen LogP contribution in [0.4, 0.5) is 0 Å². The number of aryl methyl sites for hydroxylation is 1. The molecule has 0 spiro atoms. The van der Waals surface area contributed by atoms with E-state index in [0.29, 0.717) is 25.1 Å². The Bertz CT molecular complexity index is 673. The van der Waals surface area contributed by atoms with Gasteiger partial charge in [0.2, 0.25) is 5.88 Å². The van der Waals surface area contributed by atoms with Crippen molar-refractivity contribution in [2.45, 2.75) is 31.8 Å². The van der Waals surface area contributed by atoms with Crippen LogP contribution in [0.5, 0.6) is 11.6 Å². The molecule has 0 unspecified atom stereocenters. The molecule has 0 aliphatic heterocycles. The fourth-order valence-corrected chi connectivity index (χ4v) is 3.13. The molecule has 1 aliphatic carbocycles. The molecule has 1 N–H and O–H groups in total. The van der Waals surface area contributed by atoms with Crippen molar-refractivity contribution in [1.82, 2.24) is 10.3 Å². The van der Waals surface area contributed by atoms with Gasteiger partial charge in [0.05, 0.1) is 13.7 Å². The van der Waals surface area contributed by atoms with Crippen LogP contribution < -0.4 is 14.8 Å². The third kappa shape index (κ3) is 4.94. The predicted octanol–water partition coefficient (Wildman–Crippen LogP) is 2.76. The normalized spacial score (nSPS) is 16.3. The van der Waals surface area contributed by atoms with Crippen molar-refractivity contribution in [2.24, 2.45) is 0 Å². The van der Waals surface area contributed by atoms with Crippen LogP contribution in [-0.2, 0) is 24.1 Å². The van der Waals surface area contributed by atoms with E-state index in [9.17, 15) is 0 Å². The number of pyridine rings is 1. The van der Waals surface area contributed by atoms with Crippen molar-refractivity contribution >= 4 is 0 Å². The molecule has 1 aliphatic rings. The van der Waals surface area contributed by atoms with E-state index in [4.69, 9.17) is 14.2 Å². The first kappa shape index (κ1) is 17.7. The molecule has 5 nitrogen and oxygen atoms in total. The Balaban J connectivity index is 1.50. The van der Waals surface area contributed by atoms with Crippen LogP contribution in [0.3, 0.4) is 0 Å². The maximum absolute atomic E-state index is 5.49. The zero-order valence-electron chi connectivity index (χ0n) is 15.0. The van der Waals surface area contributed by atoms with E-state index in [1.807, 2.05) is 12.3 Å². The first-order valence-corrected chi connectivity index (χ1v) is 8.74. The summed E-state index contributed by atoms with van der Waals surface area (Å²) in [7, 11) is 3.38. The average Bonchev–Trinajstić information content (AvgIpc) is 2.67. The second-order valence-corrected chi connectivity index (χ2v) is 6.30. The number of hydrogen-bond donors (Lipinski definition) is 1. The molecule has 134 valence electrons. The van der Waals surface area contributed by atoms with Crippen LogP contribution in [0, 0.1) is 0 Å². The molecule has 0 radical (unpaired) electrons. The van der Waals surface area contributed by atoms with Gasteiger partial charge in [-0.15, -0.1) is 0 Å². The number of fused-ring (bicyclic) bond motifs is 1. The molecule has 2 aromatic rings. The van der Waals surface area contributed by atoms with Crippen molar-refractivity contribution in [2.75, 3.05) is 27.4 Å². The SMILES string of the molecule is COCCOc1ccc(CN[C@H]2CCc3ccc(OC)cc3C2)cn1. The Hall–Kier alpha value is -2.11. The van der Waals surface area contributed by atoms with Crippen LogP contribution >= 0.6 is 0 Å². The van der Waals surface area contributed by atoms with E-state index in [-0.39, 0.29) is 0 Å². The standard InChI is InChI=1S/C20H26N2O3/c1-23-9-10-25-20-8-3-15(14-22-20)13-21-18-6-4-16-5-7-19(24-2)12-17(16)11-18/h3,5,7-8,12,14,18,21H,4,6,9-11,13H2,1-2H3/t18-/m0/s1. The lowest BCUT2D eigenvalue weighted by atomic mass is 9.88. The summed E-state index contributed by atoms with van der Waals surface area (Å²) in [6.07, 6.45) is 5.18. The smallest absolute Gasteiger partial charge is 0.213 e. The number of rotatable bonds is 8. The van der Waals surface area contributed by atoms with Gasteiger partial charge in [-0.25, -0.2) is 4.98 Å². The van der Waals surface area contributed by atoms with Gasteiger partial charge < -0.3 is 19.5 Å². The van der Waals surface area contributed by atoms with E-state index >= 15 is 0 Å². The van der Waals surface area contributed by atoms with Gasteiger partial charge >= 0.3 is 0 Å². The first-order valence-electron chi connectivity index (χ1n) is 8.74. The number of aromatic nitrogens is 1. The van der Waals surface area contributed by atoms with Gasteiger partial charge in [-0.05, 0) is 48.1 Å². The Morgan fingerprint density at radius 1 is 1.12 bits per heavy atom. The van der Waals surface area contributed by atoms with Gasteiger partial charge in [0.15, 0.2) is 0 Å². The Labute approximate surface area is 149 Å². The molecule has 0 saturated heterocycles. The second-order valence-electron chi connectivity index (χ2n) is 6.30. The van der Waals surface area contributed by atoms with Crippen molar-refractivity contribution in [3.05, 3.63) is 53.2 Å². The maximum atomic E-state index is 5.49. The molecule has 0 fully saturated rings. The fraction of sp³-hybridized carbons (Fsp3) is 0.450. The van der Waals surface area contributed by atoms with Gasteiger partial charge in [0.25, 0.3) is 0 Å². The van der Waals surface area contributed by atoms with Gasteiger partial charge in [-0.2, -0.15) is 0 Å². The number of benzene rings is 1. The second kappa shape index (κ2) is 8.83. The van der Waals surface area contributed by atoms with Crippen LogP contribution in [-0.4, -0.2) is 38.5 Å². The summed E-state index contributed by atoms with van der Waals surface area (Å²) < 4.78 is 15.8. The quantitative estimate of drug-likeness (QED) is 0.748. The van der Waals surface area contributed by atoms with E-state index in [1.165, 1.54) is 11.1 Å². The fourth-order valence-electron chi connectivity index (χ4n) is 3.13. The number of nitrogens with zero attached hydrogens (tertiary/aromatic N) is 1. The topological polar surface area (TPSA) is 52.6 Å². The van der Waals surface area contributed by atoms with Gasteiger partial charge in [0, 0.05) is 32.0 Å². The van der Waals surface area contributed by atoms with Crippen molar-refractivity contribution < 1.29 is 14.2 Å². The summed E-state index contributed by atoms with van der Waals surface area (Å²) in [6, 6.07) is 10.9. The minimum Gasteiger partial charge on any atom is -0.497 e. The maximum Gasteiger partial charge on any atom is 0.213 e. The van der Waals surface area contributed by atoms with Gasteiger partial charge in [-0.1, -0.05) is 12.1 Å². The van der Waals surface area contributed by atoms with E-state index in [0.717, 1.165) is 37.1 Å². The summed E-state index contributed by atoms with van der Waals surface area (Å²) in [5, 5.41) is 3.65. The van der Waals surface area contributed by atoms with E-state index in [1.54, 1.807) is 14.2 Å². The summed E-state index contributed by atoms with van der Waals surface area (Å²) >= 11 is 0. The van der Waals surface area contributed by atoms with Gasteiger partial charge in [0.1, 0.15) is 12.4 Å². The lowest BCUT2D eigenvalue weighted by Crippen LogP contribution is -2.34. The van der Waals surface area contributed by atoms with E-state index in [2.05, 4.69) is 34.6 Å². The third-order valence-electron chi connectivity index (χ3n) is 4.57. The molecule has 0 bridgehead atoms. The number of nitrogens with one attached hydrogen (secondary N) is 1. The van der Waals surface area contributed by atoms with Crippen LogP contribution in [0.15, 0.2) is 36.5 Å². The summed E-state index contributed by atoms with van der Waals surface area (Å²) in [5.74, 6) is 1.58. The third-order valence-corrected chi connectivity index (χ3v) is 4.57. The monoisotopic (exact) mass is 342 g/mol. The number of ether oxygens (including phenoxy) is 3. The Morgan fingerprint density at radius 3 is 2.80 bits per heavy atom. The summed E-state index contributed by atoms with van der Waals surface area (Å²) in [4.78, 5) is 4.34. The van der Waals surface area contributed by atoms with Crippen LogP contribution in [0.25, 0.3) is 0 Å². The average molecular weight is 342 g/mol. The molecule has 0 amide bonds. The zero-order valence-corrected chi connectivity index (χ0v) is 15.0. The first-order chi connectivity index (χ1) is 12.3. The highest BCUT2D eigenvalue weighted by molar-refractivity contribution is 5.38. The van der Waals surface area contributed by atoms with Crippen LogP contribution in [0.2, 0.25) is 0 Å². The van der Waals surface area contributed by atoms with E-state index < -0.39 is 0 Å². The molecule has 25 heavy (non-hydrogen) atoms. The summed E-state index contributed by atoms with van der Waals surface area (Å²) in [5.41, 5.74) is 4.00. The predicted molar refractivity (Wildman–Crippen MR) is 97.3 cm³/mol. The number of hydrogen-bond acceptors (Lipinski definition) is 5. The Kier molecular flexibility index (Phi) is 6.25. The Morgan fingerprint density at radius 2 is 2.04 bits per heavy atom. The molecule has 3 rings (SSSR count). The molecule has 1 aromatic carbocycles. The lowest BCUT2D eigenvalue weighted by molar-refractivity contribution is 0.143. The highest BCUT2D eigenvalue weighted by atomic mass is 16.5. The molecule has 5 heteroatoms. The highest BCUT2D eigenvalue weighted by Crippen LogP contribution is 2.25. The number of methoxy groups -OCH3 is 2. The summed E-state index contributed by atoms with van der Waals surface area (Å²) in [6.45, 7) is 1.90. The molecule has 1 heterocycles. The van der Waals surface area contributed by atoms with Crippen LogP contribution in [0.1, 0.15) is 23.1 Å². The molecular weight excluding hydrogens is 316 g/mol. The van der Waals surface area contributed by atoms with Crippen molar-refractivity contribution in [3.8, 4) is 11.6 Å². The molecular formula is C20H26N2O3. The minimum absolute atomic E-state index is 0.484. The van der Waals surface area contributed by atoms with Crippen molar-refractivity contribution in [3.63, 3.8) is 0 Å².